The Kier molecular flexibility index (Phi) is 5.12. The molecule has 1 fully saturated rings. The summed E-state index contributed by atoms with van der Waals surface area (Å²) in [4.78, 5) is 9.71. The fraction of sp³-hybridized carbons (Fsp3) is 0.375. The van der Waals surface area contributed by atoms with Gasteiger partial charge in [-0.25, -0.2) is 4.99 Å². The van der Waals surface area contributed by atoms with E-state index in [0.717, 1.165) is 36.0 Å². The lowest BCUT2D eigenvalue weighted by Crippen LogP contribution is -2.45. The number of likely N-dealkylation sites (tertiary alicyclic amines) is 1. The lowest BCUT2D eigenvalue weighted by molar-refractivity contribution is 0.316. The largest absolute Gasteiger partial charge is 0.378 e. The number of hydrogen-bond acceptors (Lipinski definition) is 4. The first-order valence-electron chi connectivity index (χ1n) is 10.3. The normalized spacial score (nSPS) is 17.8. The van der Waals surface area contributed by atoms with Gasteiger partial charge in [0.25, 0.3) is 0 Å². The zero-order valence-electron chi connectivity index (χ0n) is 17.2. The highest BCUT2D eigenvalue weighted by atomic mass is 15.4. The average Bonchev–Trinajstić information content (AvgIpc) is 2.72. The Morgan fingerprint density at radius 3 is 2.54 bits per heavy atom. The number of aryl methyl sites for hydroxylation is 1. The number of para-hydroxylation sites is 2. The van der Waals surface area contributed by atoms with E-state index in [2.05, 4.69) is 85.1 Å². The molecule has 4 nitrogen and oxygen atoms in total. The summed E-state index contributed by atoms with van der Waals surface area (Å²) in [7, 11) is 2.08. The number of aliphatic imine (C=N–C) groups is 1. The van der Waals surface area contributed by atoms with Crippen LogP contribution in [0.15, 0.2) is 54.0 Å². The number of piperidine rings is 1. The third kappa shape index (κ3) is 3.39. The Hall–Kier alpha value is -2.75. The molecule has 4 rings (SSSR count). The van der Waals surface area contributed by atoms with Crippen molar-refractivity contribution in [3.63, 3.8) is 0 Å². The molecule has 1 atom stereocenters. The number of nitrogens with zero attached hydrogens (tertiary/aromatic N) is 3. The molecule has 1 unspecified atom stereocenters. The minimum Gasteiger partial charge on any atom is -0.378 e. The maximum Gasteiger partial charge on any atom is 0.206 e. The predicted molar refractivity (Wildman–Crippen MR) is 119 cm³/mol. The van der Waals surface area contributed by atoms with E-state index < -0.39 is 0 Å². The van der Waals surface area contributed by atoms with Gasteiger partial charge in [0.05, 0.1) is 11.7 Å². The van der Waals surface area contributed by atoms with Crippen molar-refractivity contribution in [3.8, 4) is 0 Å². The summed E-state index contributed by atoms with van der Waals surface area (Å²) >= 11 is 0. The molecule has 1 saturated heterocycles. The Bertz CT molecular complexity index is 909. The second-order valence-corrected chi connectivity index (χ2v) is 7.89. The number of rotatable bonds is 3. The van der Waals surface area contributed by atoms with Crippen LogP contribution in [-0.4, -0.2) is 35.9 Å². The van der Waals surface area contributed by atoms with Gasteiger partial charge in [0, 0.05) is 42.6 Å². The SMILES string of the molecule is C=C1c2cccc(C(C)Nc3ccccc3C)c2N=C(N2CCCCC2)N1C. The van der Waals surface area contributed by atoms with E-state index in [1.807, 2.05) is 0 Å². The monoisotopic (exact) mass is 374 g/mol. The molecule has 0 amide bonds. The highest BCUT2D eigenvalue weighted by Gasteiger charge is 2.28. The number of anilines is 1. The predicted octanol–water partition coefficient (Wildman–Crippen LogP) is 5.56. The summed E-state index contributed by atoms with van der Waals surface area (Å²) in [5.74, 6) is 1.03. The first-order chi connectivity index (χ1) is 13.6. The molecule has 0 radical (unpaired) electrons. The first kappa shape index (κ1) is 18.6. The van der Waals surface area contributed by atoms with Crippen LogP contribution in [0.4, 0.5) is 11.4 Å². The van der Waals surface area contributed by atoms with E-state index in [1.165, 1.54) is 36.1 Å². The molecule has 0 aliphatic carbocycles. The van der Waals surface area contributed by atoms with Gasteiger partial charge in [0.15, 0.2) is 0 Å². The molecular weight excluding hydrogens is 344 g/mol. The molecule has 0 bridgehead atoms. The highest BCUT2D eigenvalue weighted by Crippen LogP contribution is 2.39. The third-order valence-electron chi connectivity index (χ3n) is 5.92. The molecule has 2 heterocycles. The molecule has 2 aliphatic rings. The van der Waals surface area contributed by atoms with E-state index in [-0.39, 0.29) is 6.04 Å². The van der Waals surface area contributed by atoms with Crippen molar-refractivity contribution in [2.75, 3.05) is 25.5 Å². The zero-order valence-corrected chi connectivity index (χ0v) is 17.2. The quantitative estimate of drug-likeness (QED) is 0.763. The second-order valence-electron chi connectivity index (χ2n) is 7.89. The lowest BCUT2D eigenvalue weighted by atomic mass is 9.98. The van der Waals surface area contributed by atoms with Crippen molar-refractivity contribution in [1.29, 1.82) is 0 Å². The number of guanidine groups is 1. The van der Waals surface area contributed by atoms with Gasteiger partial charge in [-0.2, -0.15) is 0 Å². The van der Waals surface area contributed by atoms with Crippen molar-refractivity contribution in [1.82, 2.24) is 9.80 Å². The summed E-state index contributed by atoms with van der Waals surface area (Å²) in [6.07, 6.45) is 3.78. The van der Waals surface area contributed by atoms with Gasteiger partial charge in [-0.3, -0.25) is 0 Å². The van der Waals surface area contributed by atoms with E-state index in [9.17, 15) is 0 Å². The second kappa shape index (κ2) is 7.70. The van der Waals surface area contributed by atoms with Gasteiger partial charge in [0.1, 0.15) is 0 Å². The highest BCUT2D eigenvalue weighted by molar-refractivity contribution is 5.97. The minimum atomic E-state index is 0.151. The Labute approximate surface area is 168 Å². The molecule has 0 aromatic heterocycles. The van der Waals surface area contributed by atoms with E-state index >= 15 is 0 Å². The molecule has 4 heteroatoms. The molecular formula is C24H30N4. The van der Waals surface area contributed by atoms with Crippen LogP contribution in [0, 0.1) is 6.92 Å². The van der Waals surface area contributed by atoms with Gasteiger partial charge < -0.3 is 15.1 Å². The summed E-state index contributed by atoms with van der Waals surface area (Å²) in [5.41, 5.74) is 6.83. The fourth-order valence-corrected chi connectivity index (χ4v) is 4.17. The van der Waals surface area contributed by atoms with Crippen molar-refractivity contribution in [2.45, 2.75) is 39.2 Å². The van der Waals surface area contributed by atoms with Crippen LogP contribution in [0.5, 0.6) is 0 Å². The standard InChI is InChI=1S/C24H30N4/c1-17-11-6-7-14-22(17)25-18(2)20-12-10-13-21-19(3)27(4)24(26-23(20)21)28-15-8-5-9-16-28/h6-7,10-14,18,25H,3,5,8-9,15-16H2,1-2,4H3. The van der Waals surface area contributed by atoms with Gasteiger partial charge in [0.2, 0.25) is 5.96 Å². The maximum atomic E-state index is 5.15. The Balaban J connectivity index is 1.71. The molecule has 146 valence electrons. The van der Waals surface area contributed by atoms with Crippen molar-refractivity contribution >= 4 is 23.0 Å². The molecule has 2 aromatic carbocycles. The smallest absolute Gasteiger partial charge is 0.206 e. The first-order valence-corrected chi connectivity index (χ1v) is 10.3. The minimum absolute atomic E-state index is 0.151. The van der Waals surface area contributed by atoms with Gasteiger partial charge in [-0.05, 0) is 44.7 Å². The molecule has 28 heavy (non-hydrogen) atoms. The zero-order chi connectivity index (χ0) is 19.7. The summed E-state index contributed by atoms with van der Waals surface area (Å²) in [6.45, 7) is 10.9. The van der Waals surface area contributed by atoms with Crippen LogP contribution in [0.3, 0.4) is 0 Å². The van der Waals surface area contributed by atoms with Crippen LogP contribution in [0.2, 0.25) is 0 Å². The van der Waals surface area contributed by atoms with Crippen LogP contribution in [0.1, 0.15) is 48.9 Å². The number of benzene rings is 2. The van der Waals surface area contributed by atoms with E-state index in [0.29, 0.717) is 0 Å². The number of fused-ring (bicyclic) bond motifs is 1. The number of nitrogens with one attached hydrogen (secondary N) is 1. The molecule has 0 saturated carbocycles. The maximum absolute atomic E-state index is 5.15. The summed E-state index contributed by atoms with van der Waals surface area (Å²) in [5, 5.41) is 3.67. The van der Waals surface area contributed by atoms with E-state index in [4.69, 9.17) is 4.99 Å². The van der Waals surface area contributed by atoms with Crippen molar-refractivity contribution in [2.24, 2.45) is 4.99 Å². The average molecular weight is 375 g/mol. The molecule has 0 spiro atoms. The molecule has 2 aromatic rings. The van der Waals surface area contributed by atoms with Crippen LogP contribution < -0.4 is 5.32 Å². The van der Waals surface area contributed by atoms with Gasteiger partial charge in [-0.1, -0.05) is 43.0 Å². The van der Waals surface area contributed by atoms with Crippen LogP contribution >= 0.6 is 0 Å². The topological polar surface area (TPSA) is 30.9 Å². The van der Waals surface area contributed by atoms with Crippen LogP contribution in [0.25, 0.3) is 5.70 Å². The van der Waals surface area contributed by atoms with E-state index in [1.54, 1.807) is 0 Å². The van der Waals surface area contributed by atoms with Gasteiger partial charge >= 0.3 is 0 Å². The molecule has 1 N–H and O–H groups in total. The lowest BCUT2D eigenvalue weighted by Gasteiger charge is -2.38. The summed E-state index contributed by atoms with van der Waals surface area (Å²) < 4.78 is 0. The Morgan fingerprint density at radius 2 is 1.79 bits per heavy atom. The third-order valence-corrected chi connectivity index (χ3v) is 5.92. The molecule has 2 aliphatic heterocycles. The van der Waals surface area contributed by atoms with Crippen LogP contribution in [-0.2, 0) is 0 Å². The Morgan fingerprint density at radius 1 is 1.04 bits per heavy atom. The van der Waals surface area contributed by atoms with Crippen molar-refractivity contribution in [3.05, 3.63) is 65.7 Å². The van der Waals surface area contributed by atoms with Crippen molar-refractivity contribution < 1.29 is 0 Å². The van der Waals surface area contributed by atoms with Gasteiger partial charge in [-0.15, -0.1) is 0 Å². The fourth-order valence-electron chi connectivity index (χ4n) is 4.17. The number of hydrogen-bond donors (Lipinski definition) is 1. The summed E-state index contributed by atoms with van der Waals surface area (Å²) in [6, 6.07) is 15.0.